The summed E-state index contributed by atoms with van der Waals surface area (Å²) in [6.45, 7) is 0. The van der Waals surface area contributed by atoms with E-state index in [1.807, 2.05) is 36.4 Å². The molecule has 4 heteroatoms. The first-order valence-corrected chi connectivity index (χ1v) is 5.02. The van der Waals surface area contributed by atoms with Crippen molar-refractivity contribution >= 4 is 34.5 Å². The predicted molar refractivity (Wildman–Crippen MR) is 63.5 cm³/mol. The van der Waals surface area contributed by atoms with E-state index in [2.05, 4.69) is 0 Å². The molecule has 3 aromatic rings. The fourth-order valence-electron chi connectivity index (χ4n) is 1.88. The molecule has 1 aromatic heterocycles. The van der Waals surface area contributed by atoms with Gasteiger partial charge in [-0.1, -0.05) is 24.3 Å². The maximum Gasteiger partial charge on any atom is 0.526 e. The van der Waals surface area contributed by atoms with E-state index in [4.69, 9.17) is 14.5 Å². The third-order valence-corrected chi connectivity index (χ3v) is 2.66. The minimum absolute atomic E-state index is 0.172. The van der Waals surface area contributed by atoms with Crippen molar-refractivity contribution in [3.63, 3.8) is 0 Å². The Kier molecular flexibility index (Phi) is 1.99. The van der Waals surface area contributed by atoms with Gasteiger partial charge in [0, 0.05) is 5.39 Å². The molecule has 78 valence electrons. The highest BCUT2D eigenvalue weighted by atomic mass is 16.4. The van der Waals surface area contributed by atoms with E-state index in [1.165, 1.54) is 0 Å². The van der Waals surface area contributed by atoms with Gasteiger partial charge < -0.3 is 14.5 Å². The monoisotopic (exact) mass is 212 g/mol. The molecule has 0 bridgehead atoms. The fraction of sp³-hybridized carbons (Fsp3) is 0. The van der Waals surface area contributed by atoms with Gasteiger partial charge in [-0.15, -0.1) is 0 Å². The highest BCUT2D eigenvalue weighted by Gasteiger charge is 2.16. The van der Waals surface area contributed by atoms with Crippen LogP contribution in [0.3, 0.4) is 0 Å². The van der Waals surface area contributed by atoms with Crippen LogP contribution < -0.4 is 5.66 Å². The number of rotatable bonds is 1. The summed E-state index contributed by atoms with van der Waals surface area (Å²) in [4.78, 5) is 0. The van der Waals surface area contributed by atoms with Gasteiger partial charge in [-0.25, -0.2) is 0 Å². The summed E-state index contributed by atoms with van der Waals surface area (Å²) in [6, 6.07) is 13.4. The molecule has 0 aliphatic carbocycles. The molecule has 0 aliphatic rings. The van der Waals surface area contributed by atoms with Crippen LogP contribution >= 0.6 is 0 Å². The molecule has 2 aromatic carbocycles. The smallest absolute Gasteiger partial charge is 0.465 e. The molecule has 1 heterocycles. The molecule has 16 heavy (non-hydrogen) atoms. The Morgan fingerprint density at radius 2 is 1.56 bits per heavy atom. The number of fused-ring (bicyclic) bond motifs is 2. The molecular formula is C12H9BO3. The Bertz CT molecular complexity index is 605. The maximum absolute atomic E-state index is 9.02. The summed E-state index contributed by atoms with van der Waals surface area (Å²) in [7, 11) is -1.56. The summed E-state index contributed by atoms with van der Waals surface area (Å²) < 4.78 is 5.34. The molecular weight excluding hydrogens is 203 g/mol. The standard InChI is InChI=1S/C12H9BO3/c14-13(15)12-7-10-5-8-3-1-2-4-9(8)6-11(10)16-12/h1-7,14-15H. The Hall–Kier alpha value is -1.78. The molecule has 3 nitrogen and oxygen atoms in total. The quantitative estimate of drug-likeness (QED) is 0.597. The Morgan fingerprint density at radius 3 is 2.25 bits per heavy atom. The van der Waals surface area contributed by atoms with Gasteiger partial charge in [0.05, 0.1) is 0 Å². The lowest BCUT2D eigenvalue weighted by atomic mass is 9.88. The highest BCUT2D eigenvalue weighted by Crippen LogP contribution is 2.22. The summed E-state index contributed by atoms with van der Waals surface area (Å²) in [5, 5.41) is 21.1. The van der Waals surface area contributed by atoms with Crippen LogP contribution in [0, 0.1) is 0 Å². The van der Waals surface area contributed by atoms with Gasteiger partial charge in [0.2, 0.25) is 0 Å². The summed E-state index contributed by atoms with van der Waals surface area (Å²) >= 11 is 0. The molecule has 0 atom stereocenters. The van der Waals surface area contributed by atoms with Gasteiger partial charge in [-0.3, -0.25) is 0 Å². The minimum atomic E-state index is -1.56. The van der Waals surface area contributed by atoms with Crippen LogP contribution in [-0.4, -0.2) is 17.2 Å². The molecule has 0 fully saturated rings. The number of benzene rings is 2. The van der Waals surface area contributed by atoms with Gasteiger partial charge in [-0.05, 0) is 29.0 Å². The molecule has 0 saturated carbocycles. The first kappa shape index (κ1) is 9.45. The number of hydrogen-bond donors (Lipinski definition) is 2. The van der Waals surface area contributed by atoms with E-state index >= 15 is 0 Å². The van der Waals surface area contributed by atoms with Crippen molar-refractivity contribution < 1.29 is 14.5 Å². The topological polar surface area (TPSA) is 53.6 Å². The first-order chi connectivity index (χ1) is 7.74. The molecule has 0 saturated heterocycles. The van der Waals surface area contributed by atoms with Crippen LogP contribution in [0.15, 0.2) is 46.9 Å². The van der Waals surface area contributed by atoms with Gasteiger partial charge in [0.25, 0.3) is 0 Å². The van der Waals surface area contributed by atoms with E-state index in [-0.39, 0.29) is 5.66 Å². The van der Waals surface area contributed by atoms with E-state index in [1.54, 1.807) is 6.07 Å². The average molecular weight is 212 g/mol. The van der Waals surface area contributed by atoms with Crippen LogP contribution in [0.4, 0.5) is 0 Å². The molecule has 2 N–H and O–H groups in total. The minimum Gasteiger partial charge on any atom is -0.465 e. The lowest BCUT2D eigenvalue weighted by Gasteiger charge is -1.96. The van der Waals surface area contributed by atoms with E-state index in [0.717, 1.165) is 16.2 Å². The van der Waals surface area contributed by atoms with E-state index in [0.29, 0.717) is 5.58 Å². The van der Waals surface area contributed by atoms with Gasteiger partial charge in [0.15, 0.2) is 0 Å². The number of hydrogen-bond acceptors (Lipinski definition) is 3. The zero-order valence-corrected chi connectivity index (χ0v) is 8.42. The van der Waals surface area contributed by atoms with Gasteiger partial charge in [0.1, 0.15) is 11.2 Å². The van der Waals surface area contributed by atoms with Gasteiger partial charge in [-0.2, -0.15) is 0 Å². The van der Waals surface area contributed by atoms with E-state index < -0.39 is 7.12 Å². The van der Waals surface area contributed by atoms with Crippen molar-refractivity contribution in [2.45, 2.75) is 0 Å². The van der Waals surface area contributed by atoms with Crippen LogP contribution in [0.1, 0.15) is 0 Å². The van der Waals surface area contributed by atoms with Crippen LogP contribution in [-0.2, 0) is 0 Å². The molecule has 0 radical (unpaired) electrons. The molecule has 0 amide bonds. The van der Waals surface area contributed by atoms with Crippen molar-refractivity contribution in [2.24, 2.45) is 0 Å². The average Bonchev–Trinajstić information content (AvgIpc) is 2.68. The zero-order valence-electron chi connectivity index (χ0n) is 8.42. The Balaban J connectivity index is 2.34. The molecule has 0 unspecified atom stereocenters. The van der Waals surface area contributed by atoms with E-state index in [9.17, 15) is 0 Å². The largest absolute Gasteiger partial charge is 0.526 e. The van der Waals surface area contributed by atoms with Crippen LogP contribution in [0.25, 0.3) is 21.7 Å². The maximum atomic E-state index is 9.02. The fourth-order valence-corrected chi connectivity index (χ4v) is 1.88. The first-order valence-electron chi connectivity index (χ1n) is 5.02. The van der Waals surface area contributed by atoms with Gasteiger partial charge >= 0.3 is 7.12 Å². The Labute approximate surface area is 92.1 Å². The zero-order chi connectivity index (χ0) is 11.1. The van der Waals surface area contributed by atoms with Crippen molar-refractivity contribution in [3.8, 4) is 0 Å². The Morgan fingerprint density at radius 1 is 0.875 bits per heavy atom. The van der Waals surface area contributed by atoms with Crippen molar-refractivity contribution in [2.75, 3.05) is 0 Å². The summed E-state index contributed by atoms with van der Waals surface area (Å²) in [5.41, 5.74) is 0.840. The molecule has 0 spiro atoms. The van der Waals surface area contributed by atoms with Crippen LogP contribution in [0.5, 0.6) is 0 Å². The highest BCUT2D eigenvalue weighted by molar-refractivity contribution is 6.57. The lowest BCUT2D eigenvalue weighted by Crippen LogP contribution is -2.27. The third kappa shape index (κ3) is 1.40. The van der Waals surface area contributed by atoms with Crippen molar-refractivity contribution in [3.05, 3.63) is 42.5 Å². The SMILES string of the molecule is OB(O)c1cc2cc3ccccc3cc2o1. The summed E-state index contributed by atoms with van der Waals surface area (Å²) in [6.07, 6.45) is 0. The second kappa shape index (κ2) is 3.37. The summed E-state index contributed by atoms with van der Waals surface area (Å²) in [5.74, 6) is 0. The van der Waals surface area contributed by atoms with Crippen LogP contribution in [0.2, 0.25) is 0 Å². The van der Waals surface area contributed by atoms with Crippen molar-refractivity contribution in [1.29, 1.82) is 0 Å². The second-order valence-electron chi connectivity index (χ2n) is 3.76. The molecule has 0 aliphatic heterocycles. The third-order valence-electron chi connectivity index (χ3n) is 2.66. The second-order valence-corrected chi connectivity index (χ2v) is 3.76. The predicted octanol–water partition coefficient (Wildman–Crippen LogP) is 1.27. The number of furan rings is 1. The normalized spacial score (nSPS) is 11.1. The molecule has 3 rings (SSSR count). The van der Waals surface area contributed by atoms with Crippen molar-refractivity contribution in [1.82, 2.24) is 0 Å². The lowest BCUT2D eigenvalue weighted by molar-refractivity contribution is 0.412.